The van der Waals surface area contributed by atoms with Crippen LogP contribution in [0.4, 0.5) is 0 Å². The van der Waals surface area contributed by atoms with E-state index in [1.165, 1.54) is 0 Å². The molecule has 0 saturated heterocycles. The SMILES string of the molecule is CCOc1cc(C(=O)NC2CCC(C(=O)O)CC2)ccc1OCc1cccnc1. The van der Waals surface area contributed by atoms with Crippen molar-refractivity contribution in [1.82, 2.24) is 10.3 Å². The first-order valence-corrected chi connectivity index (χ1v) is 9.89. The van der Waals surface area contributed by atoms with Crippen molar-refractivity contribution in [2.45, 2.75) is 45.3 Å². The Labute approximate surface area is 170 Å². The van der Waals surface area contributed by atoms with Gasteiger partial charge in [0.1, 0.15) is 6.61 Å². The van der Waals surface area contributed by atoms with Gasteiger partial charge in [0, 0.05) is 29.6 Å². The van der Waals surface area contributed by atoms with Crippen molar-refractivity contribution in [3.8, 4) is 11.5 Å². The molecular formula is C22H26N2O5. The summed E-state index contributed by atoms with van der Waals surface area (Å²) in [5.41, 5.74) is 1.43. The van der Waals surface area contributed by atoms with E-state index >= 15 is 0 Å². The number of amides is 1. The number of carbonyl (C=O) groups is 2. The Bertz CT molecular complexity index is 832. The van der Waals surface area contributed by atoms with Gasteiger partial charge in [-0.2, -0.15) is 0 Å². The van der Waals surface area contributed by atoms with Gasteiger partial charge in [0.25, 0.3) is 5.91 Å². The average Bonchev–Trinajstić information content (AvgIpc) is 2.74. The first-order chi connectivity index (χ1) is 14.1. The molecule has 0 atom stereocenters. The van der Waals surface area contributed by atoms with Crippen molar-refractivity contribution in [2.24, 2.45) is 5.92 Å². The quantitative estimate of drug-likeness (QED) is 0.707. The Morgan fingerprint density at radius 3 is 2.59 bits per heavy atom. The van der Waals surface area contributed by atoms with E-state index < -0.39 is 5.97 Å². The van der Waals surface area contributed by atoms with Gasteiger partial charge in [-0.15, -0.1) is 0 Å². The molecule has 0 radical (unpaired) electrons. The fourth-order valence-electron chi connectivity index (χ4n) is 3.43. The van der Waals surface area contributed by atoms with Crippen LogP contribution in [0.15, 0.2) is 42.7 Å². The molecule has 2 aromatic rings. The number of hydrogen-bond donors (Lipinski definition) is 2. The minimum Gasteiger partial charge on any atom is -0.490 e. The molecule has 1 aromatic heterocycles. The van der Waals surface area contributed by atoms with E-state index in [1.807, 2.05) is 19.1 Å². The summed E-state index contributed by atoms with van der Waals surface area (Å²) in [6.45, 7) is 2.68. The van der Waals surface area contributed by atoms with E-state index in [2.05, 4.69) is 10.3 Å². The Hall–Kier alpha value is -3.09. The van der Waals surface area contributed by atoms with E-state index in [0.717, 1.165) is 5.56 Å². The zero-order valence-corrected chi connectivity index (χ0v) is 16.5. The monoisotopic (exact) mass is 398 g/mol. The van der Waals surface area contributed by atoms with Crippen LogP contribution in [0.2, 0.25) is 0 Å². The lowest BCUT2D eigenvalue weighted by molar-refractivity contribution is -0.142. The lowest BCUT2D eigenvalue weighted by atomic mass is 9.86. The van der Waals surface area contributed by atoms with Crippen LogP contribution in [0.5, 0.6) is 11.5 Å². The van der Waals surface area contributed by atoms with Crippen molar-refractivity contribution in [3.05, 3.63) is 53.9 Å². The predicted octanol–water partition coefficient (Wildman–Crippen LogP) is 3.43. The Morgan fingerprint density at radius 1 is 1.14 bits per heavy atom. The van der Waals surface area contributed by atoms with Gasteiger partial charge in [-0.05, 0) is 56.9 Å². The zero-order valence-electron chi connectivity index (χ0n) is 16.5. The maximum atomic E-state index is 12.6. The maximum Gasteiger partial charge on any atom is 0.306 e. The molecule has 3 rings (SSSR count). The molecule has 154 valence electrons. The fourth-order valence-corrected chi connectivity index (χ4v) is 3.43. The molecule has 7 heteroatoms. The minimum absolute atomic E-state index is 0.00449. The molecular weight excluding hydrogens is 372 g/mol. The summed E-state index contributed by atoms with van der Waals surface area (Å²) in [5.74, 6) is -0.168. The summed E-state index contributed by atoms with van der Waals surface area (Å²) < 4.78 is 11.5. The topological polar surface area (TPSA) is 97.8 Å². The largest absolute Gasteiger partial charge is 0.490 e. The third kappa shape index (κ3) is 5.70. The summed E-state index contributed by atoms with van der Waals surface area (Å²) >= 11 is 0. The average molecular weight is 398 g/mol. The summed E-state index contributed by atoms with van der Waals surface area (Å²) in [7, 11) is 0. The molecule has 29 heavy (non-hydrogen) atoms. The highest BCUT2D eigenvalue weighted by molar-refractivity contribution is 5.95. The Kier molecular flexibility index (Phi) is 7.05. The number of pyridine rings is 1. The second kappa shape index (κ2) is 9.91. The van der Waals surface area contributed by atoms with Crippen LogP contribution >= 0.6 is 0 Å². The van der Waals surface area contributed by atoms with Gasteiger partial charge in [-0.25, -0.2) is 0 Å². The highest BCUT2D eigenvalue weighted by Crippen LogP contribution is 2.30. The van der Waals surface area contributed by atoms with Crippen molar-refractivity contribution in [3.63, 3.8) is 0 Å². The number of rotatable bonds is 8. The van der Waals surface area contributed by atoms with Gasteiger partial charge in [-0.1, -0.05) is 6.07 Å². The van der Waals surface area contributed by atoms with Crippen LogP contribution in [-0.4, -0.2) is 34.6 Å². The number of benzene rings is 1. The van der Waals surface area contributed by atoms with Crippen LogP contribution in [0, 0.1) is 5.92 Å². The maximum absolute atomic E-state index is 12.6. The number of ether oxygens (including phenoxy) is 2. The van der Waals surface area contributed by atoms with Gasteiger partial charge in [0.2, 0.25) is 0 Å². The molecule has 7 nitrogen and oxygen atoms in total. The van der Waals surface area contributed by atoms with Crippen molar-refractivity contribution >= 4 is 11.9 Å². The third-order valence-corrected chi connectivity index (χ3v) is 5.03. The molecule has 1 fully saturated rings. The second-order valence-corrected chi connectivity index (χ2v) is 7.10. The highest BCUT2D eigenvalue weighted by atomic mass is 16.5. The van der Waals surface area contributed by atoms with Gasteiger partial charge >= 0.3 is 5.97 Å². The van der Waals surface area contributed by atoms with Gasteiger partial charge < -0.3 is 19.9 Å². The Morgan fingerprint density at radius 2 is 1.93 bits per heavy atom. The molecule has 0 aliphatic heterocycles. The molecule has 1 saturated carbocycles. The van der Waals surface area contributed by atoms with Crippen LogP contribution in [0.3, 0.4) is 0 Å². The molecule has 1 aliphatic carbocycles. The molecule has 0 unspecified atom stereocenters. The van der Waals surface area contributed by atoms with Crippen molar-refractivity contribution in [2.75, 3.05) is 6.61 Å². The summed E-state index contributed by atoms with van der Waals surface area (Å²) in [6.07, 6.45) is 5.97. The fraction of sp³-hybridized carbons (Fsp3) is 0.409. The second-order valence-electron chi connectivity index (χ2n) is 7.10. The normalized spacial score (nSPS) is 18.7. The third-order valence-electron chi connectivity index (χ3n) is 5.03. The van der Waals surface area contributed by atoms with Crippen LogP contribution in [-0.2, 0) is 11.4 Å². The molecule has 1 amide bonds. The van der Waals surface area contributed by atoms with E-state index in [1.54, 1.807) is 30.6 Å². The molecule has 1 aliphatic rings. The van der Waals surface area contributed by atoms with Crippen LogP contribution < -0.4 is 14.8 Å². The number of carboxylic acid groups (broad SMARTS) is 1. The lowest BCUT2D eigenvalue weighted by Gasteiger charge is -2.26. The summed E-state index contributed by atoms with van der Waals surface area (Å²) in [5, 5.41) is 12.1. The van der Waals surface area contributed by atoms with Crippen LogP contribution in [0.1, 0.15) is 48.5 Å². The van der Waals surface area contributed by atoms with Crippen molar-refractivity contribution < 1.29 is 24.2 Å². The van der Waals surface area contributed by atoms with Crippen LogP contribution in [0.25, 0.3) is 0 Å². The summed E-state index contributed by atoms with van der Waals surface area (Å²) in [6, 6.07) is 8.89. The number of aromatic nitrogens is 1. The minimum atomic E-state index is -0.752. The van der Waals surface area contributed by atoms with Gasteiger partial charge in [-0.3, -0.25) is 14.6 Å². The molecule has 2 N–H and O–H groups in total. The lowest BCUT2D eigenvalue weighted by Crippen LogP contribution is -2.38. The number of aliphatic carboxylic acids is 1. The highest BCUT2D eigenvalue weighted by Gasteiger charge is 2.27. The number of carboxylic acids is 1. The smallest absolute Gasteiger partial charge is 0.306 e. The zero-order chi connectivity index (χ0) is 20.6. The standard InChI is InChI=1S/C22H26N2O5/c1-2-28-20-12-17(7-10-19(20)29-14-15-4-3-11-23-13-15)21(25)24-18-8-5-16(6-9-18)22(26)27/h3-4,7,10-13,16,18H,2,5-6,8-9,14H2,1H3,(H,24,25)(H,26,27). The molecule has 0 bridgehead atoms. The van der Waals surface area contributed by atoms with Gasteiger partial charge in [0.15, 0.2) is 11.5 Å². The Balaban J connectivity index is 1.62. The first-order valence-electron chi connectivity index (χ1n) is 9.89. The van der Waals surface area contributed by atoms with E-state index in [-0.39, 0.29) is 17.9 Å². The van der Waals surface area contributed by atoms with E-state index in [0.29, 0.717) is 56.0 Å². The molecule has 0 spiro atoms. The van der Waals surface area contributed by atoms with E-state index in [4.69, 9.17) is 14.6 Å². The predicted molar refractivity (Wildman–Crippen MR) is 107 cm³/mol. The number of nitrogens with one attached hydrogen (secondary N) is 1. The first kappa shape index (κ1) is 20.6. The van der Waals surface area contributed by atoms with Gasteiger partial charge in [0.05, 0.1) is 12.5 Å². The molecule has 1 heterocycles. The molecule has 1 aromatic carbocycles. The number of hydrogen-bond acceptors (Lipinski definition) is 5. The summed E-state index contributed by atoms with van der Waals surface area (Å²) in [4.78, 5) is 27.8. The number of carbonyl (C=O) groups excluding carboxylic acids is 1. The number of nitrogens with zero attached hydrogens (tertiary/aromatic N) is 1. The van der Waals surface area contributed by atoms with E-state index in [9.17, 15) is 9.59 Å². The van der Waals surface area contributed by atoms with Crippen molar-refractivity contribution in [1.29, 1.82) is 0 Å².